The Labute approximate surface area is 118 Å². The van der Waals surface area contributed by atoms with Crippen LogP contribution >= 0.6 is 0 Å². The van der Waals surface area contributed by atoms with Crippen LogP contribution in [0.1, 0.15) is 42.5 Å². The minimum Gasteiger partial charge on any atom is -0.349 e. The third-order valence-corrected chi connectivity index (χ3v) is 4.72. The van der Waals surface area contributed by atoms with E-state index < -0.39 is 0 Å². The van der Waals surface area contributed by atoms with E-state index in [2.05, 4.69) is 22.2 Å². The summed E-state index contributed by atoms with van der Waals surface area (Å²) in [6.07, 6.45) is 7.31. The number of H-pyrrole nitrogens is 1. The molecule has 1 aromatic rings. The molecule has 2 unspecified atom stereocenters. The van der Waals surface area contributed by atoms with Gasteiger partial charge in [-0.3, -0.25) is 9.59 Å². The number of carbonyl (C=O) groups excluding carboxylic acids is 1. The first-order chi connectivity index (χ1) is 9.63. The van der Waals surface area contributed by atoms with Gasteiger partial charge in [0.15, 0.2) is 0 Å². The molecule has 0 saturated carbocycles. The van der Waals surface area contributed by atoms with E-state index >= 15 is 0 Å². The maximum absolute atomic E-state index is 12.2. The van der Waals surface area contributed by atoms with Gasteiger partial charge in [-0.2, -0.15) is 0 Å². The lowest BCUT2D eigenvalue weighted by molar-refractivity contribution is 0.0463. The van der Waals surface area contributed by atoms with E-state index in [9.17, 15) is 9.59 Å². The van der Waals surface area contributed by atoms with Crippen LogP contribution < -0.4 is 10.9 Å². The van der Waals surface area contributed by atoms with Gasteiger partial charge in [0.1, 0.15) is 0 Å². The fraction of sp³-hybridized carbons (Fsp3) is 0.600. The zero-order chi connectivity index (χ0) is 14.1. The zero-order valence-corrected chi connectivity index (χ0v) is 11.8. The predicted molar refractivity (Wildman–Crippen MR) is 76.7 cm³/mol. The Kier molecular flexibility index (Phi) is 3.61. The number of aromatic nitrogens is 1. The SMILES string of the molecule is CN1C2CCCC1CC(NC(=O)c1ccc(=O)[nH]c1)C2. The van der Waals surface area contributed by atoms with Crippen molar-refractivity contribution in [3.8, 4) is 0 Å². The molecule has 0 spiro atoms. The van der Waals surface area contributed by atoms with Crippen LogP contribution in [0.25, 0.3) is 0 Å². The summed E-state index contributed by atoms with van der Waals surface area (Å²) in [5.74, 6) is -0.0890. The minimum absolute atomic E-state index is 0.0890. The van der Waals surface area contributed by atoms with Crippen molar-refractivity contribution in [2.24, 2.45) is 0 Å². The van der Waals surface area contributed by atoms with Gasteiger partial charge in [0.2, 0.25) is 5.56 Å². The number of nitrogens with one attached hydrogen (secondary N) is 2. The Morgan fingerprint density at radius 1 is 1.30 bits per heavy atom. The first-order valence-corrected chi connectivity index (χ1v) is 7.35. The Balaban J connectivity index is 1.65. The number of hydrogen-bond acceptors (Lipinski definition) is 3. The number of piperidine rings is 2. The predicted octanol–water partition coefficient (Wildman–Crippen LogP) is 1.12. The minimum atomic E-state index is -0.185. The summed E-state index contributed by atoms with van der Waals surface area (Å²) in [4.78, 5) is 28.2. The quantitative estimate of drug-likeness (QED) is 0.850. The Morgan fingerprint density at radius 3 is 2.60 bits per heavy atom. The molecule has 2 aliphatic heterocycles. The van der Waals surface area contributed by atoms with E-state index in [1.54, 1.807) is 6.07 Å². The van der Waals surface area contributed by atoms with E-state index in [1.807, 2.05) is 0 Å². The summed E-state index contributed by atoms with van der Waals surface area (Å²) in [5, 5.41) is 3.12. The highest BCUT2D eigenvalue weighted by Gasteiger charge is 2.36. The van der Waals surface area contributed by atoms with Crippen molar-refractivity contribution in [1.82, 2.24) is 15.2 Å². The van der Waals surface area contributed by atoms with Crippen molar-refractivity contribution >= 4 is 5.91 Å². The second-order valence-electron chi connectivity index (χ2n) is 5.99. The molecule has 0 aliphatic carbocycles. The number of nitrogens with zero attached hydrogens (tertiary/aromatic N) is 1. The van der Waals surface area contributed by atoms with Crippen LogP contribution in [-0.4, -0.2) is 41.0 Å². The van der Waals surface area contributed by atoms with E-state index in [-0.39, 0.29) is 17.5 Å². The summed E-state index contributed by atoms with van der Waals surface area (Å²) < 4.78 is 0. The molecule has 20 heavy (non-hydrogen) atoms. The van der Waals surface area contributed by atoms with Crippen molar-refractivity contribution in [2.75, 3.05) is 7.05 Å². The summed E-state index contributed by atoms with van der Waals surface area (Å²) in [7, 11) is 2.20. The smallest absolute Gasteiger partial charge is 0.252 e. The van der Waals surface area contributed by atoms with Crippen molar-refractivity contribution < 1.29 is 4.79 Å². The van der Waals surface area contributed by atoms with Crippen LogP contribution in [-0.2, 0) is 0 Å². The summed E-state index contributed by atoms with van der Waals surface area (Å²) >= 11 is 0. The Hall–Kier alpha value is -1.62. The molecule has 2 atom stereocenters. The topological polar surface area (TPSA) is 65.2 Å². The van der Waals surface area contributed by atoms with Crippen LogP contribution in [0, 0.1) is 0 Å². The molecule has 5 heteroatoms. The summed E-state index contributed by atoms with van der Waals surface area (Å²) in [5.41, 5.74) is 0.337. The van der Waals surface area contributed by atoms with Crippen LogP contribution in [0.3, 0.4) is 0 Å². The molecule has 2 saturated heterocycles. The number of rotatable bonds is 2. The van der Waals surface area contributed by atoms with E-state index in [0.717, 1.165) is 12.8 Å². The second-order valence-corrected chi connectivity index (χ2v) is 5.99. The van der Waals surface area contributed by atoms with Crippen molar-refractivity contribution in [2.45, 2.75) is 50.2 Å². The third-order valence-electron chi connectivity index (χ3n) is 4.72. The van der Waals surface area contributed by atoms with Gasteiger partial charge in [0.25, 0.3) is 5.91 Å². The van der Waals surface area contributed by atoms with Gasteiger partial charge in [-0.05, 0) is 38.8 Å². The second kappa shape index (κ2) is 5.40. The van der Waals surface area contributed by atoms with Gasteiger partial charge in [-0.15, -0.1) is 0 Å². The monoisotopic (exact) mass is 275 g/mol. The average Bonchev–Trinajstić information content (AvgIpc) is 2.40. The molecule has 2 fully saturated rings. The maximum atomic E-state index is 12.2. The zero-order valence-electron chi connectivity index (χ0n) is 11.8. The van der Waals surface area contributed by atoms with Crippen molar-refractivity contribution in [1.29, 1.82) is 0 Å². The van der Waals surface area contributed by atoms with E-state index in [4.69, 9.17) is 0 Å². The first-order valence-electron chi connectivity index (χ1n) is 7.35. The molecule has 3 heterocycles. The van der Waals surface area contributed by atoms with Crippen molar-refractivity contribution in [3.63, 3.8) is 0 Å². The van der Waals surface area contributed by atoms with Gasteiger partial charge >= 0.3 is 0 Å². The van der Waals surface area contributed by atoms with Crippen LogP contribution in [0.15, 0.2) is 23.1 Å². The number of hydrogen-bond donors (Lipinski definition) is 2. The van der Waals surface area contributed by atoms with Gasteiger partial charge in [0, 0.05) is 30.4 Å². The standard InChI is InChI=1S/C15H21N3O2/c1-18-12-3-2-4-13(18)8-11(7-12)17-15(20)10-5-6-14(19)16-9-10/h5-6,9,11-13H,2-4,7-8H2,1H3,(H,16,19)(H,17,20). The summed E-state index contributed by atoms with van der Waals surface area (Å²) in [6.45, 7) is 0. The van der Waals surface area contributed by atoms with Crippen LogP contribution in [0.5, 0.6) is 0 Å². The molecule has 3 rings (SSSR count). The molecule has 2 aliphatic rings. The van der Waals surface area contributed by atoms with Crippen LogP contribution in [0.4, 0.5) is 0 Å². The fourth-order valence-electron chi connectivity index (χ4n) is 3.55. The lowest BCUT2D eigenvalue weighted by Gasteiger charge is -2.47. The molecule has 0 aromatic carbocycles. The molecule has 2 bridgehead atoms. The lowest BCUT2D eigenvalue weighted by atomic mass is 9.82. The molecule has 5 nitrogen and oxygen atoms in total. The van der Waals surface area contributed by atoms with E-state index in [1.165, 1.54) is 31.5 Å². The Morgan fingerprint density at radius 2 is 2.00 bits per heavy atom. The Bertz CT molecular complexity index is 520. The largest absolute Gasteiger partial charge is 0.349 e. The summed E-state index contributed by atoms with van der Waals surface area (Å²) in [6, 6.07) is 4.41. The molecule has 108 valence electrons. The van der Waals surface area contributed by atoms with Gasteiger partial charge in [-0.1, -0.05) is 6.42 Å². The van der Waals surface area contributed by atoms with Crippen LogP contribution in [0.2, 0.25) is 0 Å². The normalized spacial score (nSPS) is 29.9. The average molecular weight is 275 g/mol. The molecule has 0 radical (unpaired) electrons. The van der Waals surface area contributed by atoms with Gasteiger partial charge in [0.05, 0.1) is 5.56 Å². The maximum Gasteiger partial charge on any atom is 0.252 e. The molecule has 1 amide bonds. The third kappa shape index (κ3) is 2.63. The first kappa shape index (κ1) is 13.4. The fourth-order valence-corrected chi connectivity index (χ4v) is 3.55. The highest BCUT2D eigenvalue weighted by Crippen LogP contribution is 2.32. The number of fused-ring (bicyclic) bond motifs is 2. The molecule has 2 N–H and O–H groups in total. The number of aromatic amines is 1. The highest BCUT2D eigenvalue weighted by atomic mass is 16.2. The molecular weight excluding hydrogens is 254 g/mol. The lowest BCUT2D eigenvalue weighted by Crippen LogP contribution is -2.55. The highest BCUT2D eigenvalue weighted by molar-refractivity contribution is 5.94. The number of pyridine rings is 1. The van der Waals surface area contributed by atoms with Crippen molar-refractivity contribution in [3.05, 3.63) is 34.2 Å². The number of amides is 1. The molecular formula is C15H21N3O2. The van der Waals surface area contributed by atoms with Gasteiger partial charge in [-0.25, -0.2) is 0 Å². The molecule has 1 aromatic heterocycles. The van der Waals surface area contributed by atoms with Gasteiger partial charge < -0.3 is 15.2 Å². The number of carbonyl (C=O) groups is 1. The van der Waals surface area contributed by atoms with E-state index in [0.29, 0.717) is 17.6 Å².